The van der Waals surface area contributed by atoms with Gasteiger partial charge in [0.15, 0.2) is 0 Å². The van der Waals surface area contributed by atoms with Crippen molar-refractivity contribution in [3.05, 3.63) is 62.6 Å². The van der Waals surface area contributed by atoms with Crippen LogP contribution in [0.25, 0.3) is 0 Å². The first-order chi connectivity index (χ1) is 8.58. The zero-order chi connectivity index (χ0) is 13.1. The molecule has 0 aliphatic heterocycles. The van der Waals surface area contributed by atoms with Crippen molar-refractivity contribution < 1.29 is 4.74 Å². The van der Waals surface area contributed by atoms with Crippen LogP contribution >= 0.6 is 27.5 Å². The molecule has 18 heavy (non-hydrogen) atoms. The molecule has 2 aromatic carbocycles. The van der Waals surface area contributed by atoms with Crippen LogP contribution in [0.3, 0.4) is 0 Å². The zero-order valence-corrected chi connectivity index (χ0v) is 12.7. The van der Waals surface area contributed by atoms with Crippen LogP contribution in [0.5, 0.6) is 5.75 Å². The summed E-state index contributed by atoms with van der Waals surface area (Å²) in [7, 11) is 0. The van der Waals surface area contributed by atoms with Crippen LogP contribution < -0.4 is 4.74 Å². The minimum absolute atomic E-state index is 0.544. The predicted molar refractivity (Wildman–Crippen MR) is 79.4 cm³/mol. The van der Waals surface area contributed by atoms with Crippen LogP contribution in [0.1, 0.15) is 16.7 Å². The van der Waals surface area contributed by atoms with Crippen LogP contribution in [-0.2, 0) is 6.61 Å². The van der Waals surface area contributed by atoms with Gasteiger partial charge in [0.05, 0.1) is 0 Å². The molecule has 0 saturated carbocycles. The molecule has 0 N–H and O–H groups in total. The van der Waals surface area contributed by atoms with Crippen molar-refractivity contribution in [2.24, 2.45) is 0 Å². The molecule has 94 valence electrons. The SMILES string of the molecule is Cc1cc(OCc2ccccc2Br)cc(C)c1Cl. The quantitative estimate of drug-likeness (QED) is 0.744. The van der Waals surface area contributed by atoms with Gasteiger partial charge in [-0.3, -0.25) is 0 Å². The number of aryl methyl sites for hydroxylation is 2. The minimum Gasteiger partial charge on any atom is -0.489 e. The van der Waals surface area contributed by atoms with Crippen LogP contribution in [0, 0.1) is 13.8 Å². The summed E-state index contributed by atoms with van der Waals surface area (Å²) in [6, 6.07) is 12.0. The maximum Gasteiger partial charge on any atom is 0.120 e. The Kier molecular flexibility index (Phi) is 4.31. The second-order valence-corrected chi connectivity index (χ2v) is 5.48. The van der Waals surface area contributed by atoms with E-state index < -0.39 is 0 Å². The lowest BCUT2D eigenvalue weighted by atomic mass is 10.1. The van der Waals surface area contributed by atoms with Gasteiger partial charge in [-0.1, -0.05) is 45.7 Å². The van der Waals surface area contributed by atoms with Crippen molar-refractivity contribution in [1.29, 1.82) is 0 Å². The zero-order valence-electron chi connectivity index (χ0n) is 10.3. The maximum absolute atomic E-state index is 6.13. The average molecular weight is 326 g/mol. The fourth-order valence-electron chi connectivity index (χ4n) is 1.77. The second kappa shape index (κ2) is 5.77. The Morgan fingerprint density at radius 2 is 1.72 bits per heavy atom. The Balaban J connectivity index is 2.14. The molecule has 0 heterocycles. The van der Waals surface area contributed by atoms with Gasteiger partial charge in [-0.15, -0.1) is 0 Å². The Bertz CT molecular complexity index is 543. The Morgan fingerprint density at radius 1 is 1.11 bits per heavy atom. The molecular weight excluding hydrogens is 312 g/mol. The van der Waals surface area contributed by atoms with E-state index in [1.165, 1.54) is 0 Å². The van der Waals surface area contributed by atoms with Gasteiger partial charge in [-0.25, -0.2) is 0 Å². The highest BCUT2D eigenvalue weighted by molar-refractivity contribution is 9.10. The molecule has 0 spiro atoms. The van der Waals surface area contributed by atoms with E-state index in [2.05, 4.69) is 15.9 Å². The first kappa shape index (κ1) is 13.4. The highest BCUT2D eigenvalue weighted by atomic mass is 79.9. The smallest absolute Gasteiger partial charge is 0.120 e. The summed E-state index contributed by atoms with van der Waals surface area (Å²) >= 11 is 9.64. The van der Waals surface area contributed by atoms with Gasteiger partial charge in [0.25, 0.3) is 0 Å². The molecule has 0 unspecified atom stereocenters. The third kappa shape index (κ3) is 3.06. The topological polar surface area (TPSA) is 9.23 Å². The predicted octanol–water partition coefficient (Wildman–Crippen LogP) is 5.30. The molecule has 0 saturated heterocycles. The lowest BCUT2D eigenvalue weighted by Gasteiger charge is -2.11. The van der Waals surface area contributed by atoms with E-state index in [1.54, 1.807) is 0 Å². The number of hydrogen-bond donors (Lipinski definition) is 0. The first-order valence-corrected chi connectivity index (χ1v) is 6.88. The van der Waals surface area contributed by atoms with Gasteiger partial charge >= 0.3 is 0 Å². The van der Waals surface area contributed by atoms with Gasteiger partial charge in [-0.05, 0) is 43.2 Å². The summed E-state index contributed by atoms with van der Waals surface area (Å²) in [5.74, 6) is 0.852. The van der Waals surface area contributed by atoms with Gasteiger partial charge in [0, 0.05) is 15.1 Å². The van der Waals surface area contributed by atoms with Crippen molar-refractivity contribution in [3.63, 3.8) is 0 Å². The maximum atomic E-state index is 6.13. The van der Waals surface area contributed by atoms with Crippen molar-refractivity contribution in [2.75, 3.05) is 0 Å². The normalized spacial score (nSPS) is 10.4. The summed E-state index contributed by atoms with van der Waals surface area (Å²) in [6.45, 7) is 4.52. The minimum atomic E-state index is 0.544. The van der Waals surface area contributed by atoms with E-state index >= 15 is 0 Å². The van der Waals surface area contributed by atoms with E-state index in [9.17, 15) is 0 Å². The molecule has 0 aliphatic carbocycles. The fraction of sp³-hybridized carbons (Fsp3) is 0.200. The molecule has 0 radical (unpaired) electrons. The molecule has 0 fully saturated rings. The number of rotatable bonds is 3. The van der Waals surface area contributed by atoms with Crippen molar-refractivity contribution >= 4 is 27.5 Å². The Morgan fingerprint density at radius 3 is 2.33 bits per heavy atom. The number of halogens is 2. The summed E-state index contributed by atoms with van der Waals surface area (Å²) < 4.78 is 6.86. The van der Waals surface area contributed by atoms with Gasteiger partial charge in [0.1, 0.15) is 12.4 Å². The highest BCUT2D eigenvalue weighted by Crippen LogP contribution is 2.27. The van der Waals surface area contributed by atoms with Crippen LogP contribution in [0.4, 0.5) is 0 Å². The lowest BCUT2D eigenvalue weighted by Crippen LogP contribution is -1.97. The third-order valence-electron chi connectivity index (χ3n) is 2.76. The summed E-state index contributed by atoms with van der Waals surface area (Å²) in [4.78, 5) is 0. The molecular formula is C15H14BrClO. The molecule has 3 heteroatoms. The Labute approximate surface area is 121 Å². The van der Waals surface area contributed by atoms with Crippen molar-refractivity contribution in [3.8, 4) is 5.75 Å². The molecule has 2 aromatic rings. The largest absolute Gasteiger partial charge is 0.489 e. The van der Waals surface area contributed by atoms with Crippen molar-refractivity contribution in [2.45, 2.75) is 20.5 Å². The summed E-state index contributed by atoms with van der Waals surface area (Å²) in [6.07, 6.45) is 0. The number of hydrogen-bond acceptors (Lipinski definition) is 1. The monoisotopic (exact) mass is 324 g/mol. The van der Waals surface area contributed by atoms with Gasteiger partial charge < -0.3 is 4.74 Å². The van der Waals surface area contributed by atoms with Gasteiger partial charge in [-0.2, -0.15) is 0 Å². The lowest BCUT2D eigenvalue weighted by molar-refractivity contribution is 0.305. The molecule has 0 amide bonds. The molecule has 1 nitrogen and oxygen atoms in total. The third-order valence-corrected chi connectivity index (χ3v) is 4.13. The van der Waals surface area contributed by atoms with Crippen molar-refractivity contribution in [1.82, 2.24) is 0 Å². The molecule has 0 bridgehead atoms. The highest BCUT2D eigenvalue weighted by Gasteiger charge is 2.05. The van der Waals surface area contributed by atoms with E-state index in [0.717, 1.165) is 31.9 Å². The molecule has 0 atom stereocenters. The summed E-state index contributed by atoms with van der Waals surface area (Å²) in [5, 5.41) is 0.809. The second-order valence-electron chi connectivity index (χ2n) is 4.25. The molecule has 0 aromatic heterocycles. The number of benzene rings is 2. The van der Waals surface area contributed by atoms with Crippen LogP contribution in [0.2, 0.25) is 5.02 Å². The van der Waals surface area contributed by atoms with E-state index in [1.807, 2.05) is 50.2 Å². The first-order valence-electron chi connectivity index (χ1n) is 5.71. The molecule has 0 aliphatic rings. The standard InChI is InChI=1S/C15H14BrClO/c1-10-7-13(8-11(2)15(10)17)18-9-12-5-3-4-6-14(12)16/h3-8H,9H2,1-2H3. The number of ether oxygens (including phenoxy) is 1. The van der Waals surface area contributed by atoms with E-state index in [4.69, 9.17) is 16.3 Å². The summed E-state index contributed by atoms with van der Waals surface area (Å²) in [5.41, 5.74) is 3.21. The van der Waals surface area contributed by atoms with E-state index in [0.29, 0.717) is 6.61 Å². The average Bonchev–Trinajstić information content (AvgIpc) is 2.35. The van der Waals surface area contributed by atoms with E-state index in [-0.39, 0.29) is 0 Å². The fourth-order valence-corrected chi connectivity index (χ4v) is 2.27. The van der Waals surface area contributed by atoms with Gasteiger partial charge in [0.2, 0.25) is 0 Å². The Hall–Kier alpha value is -0.990. The van der Waals surface area contributed by atoms with Crippen LogP contribution in [0.15, 0.2) is 40.9 Å². The van der Waals surface area contributed by atoms with Crippen LogP contribution in [-0.4, -0.2) is 0 Å². The molecule has 2 rings (SSSR count).